The maximum absolute atomic E-state index is 12.9. The number of fused-ring (bicyclic) bond motifs is 1. The van der Waals surface area contributed by atoms with E-state index in [0.29, 0.717) is 24.5 Å². The Kier molecular flexibility index (Phi) is 4.28. The minimum atomic E-state index is -0.0130. The third-order valence-corrected chi connectivity index (χ3v) is 4.87. The lowest BCUT2D eigenvalue weighted by atomic mass is 10.1. The van der Waals surface area contributed by atoms with E-state index in [0.717, 1.165) is 43.3 Å². The van der Waals surface area contributed by atoms with E-state index in [1.807, 2.05) is 11.8 Å². The Morgan fingerprint density at radius 3 is 2.69 bits per heavy atom. The molecule has 26 heavy (non-hydrogen) atoms. The van der Waals surface area contributed by atoms with Crippen molar-refractivity contribution in [3.63, 3.8) is 0 Å². The van der Waals surface area contributed by atoms with Gasteiger partial charge in [0.05, 0.1) is 5.69 Å². The highest BCUT2D eigenvalue weighted by Crippen LogP contribution is 2.26. The first-order valence-corrected chi connectivity index (χ1v) is 8.89. The van der Waals surface area contributed by atoms with Crippen molar-refractivity contribution in [3.8, 4) is 0 Å². The fraction of sp³-hybridized carbons (Fsp3) is 0.368. The Morgan fingerprint density at radius 1 is 1.15 bits per heavy atom. The third kappa shape index (κ3) is 3.12. The second-order valence-electron chi connectivity index (χ2n) is 6.66. The molecule has 0 aliphatic carbocycles. The van der Waals surface area contributed by atoms with E-state index in [2.05, 4.69) is 27.0 Å². The van der Waals surface area contributed by atoms with E-state index in [1.54, 1.807) is 18.3 Å². The van der Waals surface area contributed by atoms with Crippen LogP contribution in [0.3, 0.4) is 0 Å². The highest BCUT2D eigenvalue weighted by atomic mass is 16.2. The second-order valence-corrected chi connectivity index (χ2v) is 6.66. The lowest BCUT2D eigenvalue weighted by molar-refractivity contribution is 0.0763. The number of aromatic nitrogens is 3. The summed E-state index contributed by atoms with van der Waals surface area (Å²) in [5.74, 6) is 2.15. The molecule has 2 aromatic rings. The fourth-order valence-electron chi connectivity index (χ4n) is 3.58. The first-order chi connectivity index (χ1) is 12.6. The highest BCUT2D eigenvalue weighted by Gasteiger charge is 2.25. The Labute approximate surface area is 152 Å². The van der Waals surface area contributed by atoms with Gasteiger partial charge in [0.25, 0.3) is 5.91 Å². The molecule has 0 spiro atoms. The predicted octanol–water partition coefficient (Wildman–Crippen LogP) is 1.38. The number of anilines is 2. The molecular formula is C19H22N6O. The summed E-state index contributed by atoms with van der Waals surface area (Å²) in [4.78, 5) is 30.3. The zero-order valence-electron chi connectivity index (χ0n) is 14.9. The molecule has 0 radical (unpaired) electrons. The number of rotatable bonds is 2. The molecule has 0 fully saturated rings. The Bertz CT molecular complexity index is 870. The number of carbonyl (C=O) groups excluding carboxylic acids is 1. The van der Waals surface area contributed by atoms with Crippen molar-refractivity contribution in [2.24, 2.45) is 0 Å². The van der Waals surface area contributed by atoms with E-state index >= 15 is 0 Å². The third-order valence-electron chi connectivity index (χ3n) is 4.87. The summed E-state index contributed by atoms with van der Waals surface area (Å²) in [5.41, 5.74) is 8.53. The summed E-state index contributed by atoms with van der Waals surface area (Å²) in [6.45, 7) is 4.97. The number of carbonyl (C=O) groups is 1. The maximum atomic E-state index is 12.9. The minimum absolute atomic E-state index is 0.0130. The van der Waals surface area contributed by atoms with Gasteiger partial charge in [-0.05, 0) is 25.5 Å². The lowest BCUT2D eigenvalue weighted by Crippen LogP contribution is -2.33. The van der Waals surface area contributed by atoms with Gasteiger partial charge in [-0.15, -0.1) is 0 Å². The number of amides is 1. The molecule has 0 saturated heterocycles. The molecular weight excluding hydrogens is 328 g/mol. The van der Waals surface area contributed by atoms with E-state index in [4.69, 9.17) is 10.7 Å². The van der Waals surface area contributed by atoms with Gasteiger partial charge in [-0.25, -0.2) is 15.0 Å². The smallest absolute Gasteiger partial charge is 0.254 e. The van der Waals surface area contributed by atoms with Gasteiger partial charge in [0, 0.05) is 49.9 Å². The van der Waals surface area contributed by atoms with Crippen molar-refractivity contribution in [1.82, 2.24) is 19.9 Å². The summed E-state index contributed by atoms with van der Waals surface area (Å²) in [7, 11) is 0. The van der Waals surface area contributed by atoms with Crippen molar-refractivity contribution in [1.29, 1.82) is 0 Å². The van der Waals surface area contributed by atoms with E-state index in [9.17, 15) is 4.79 Å². The zero-order chi connectivity index (χ0) is 18.1. The number of nitrogen functional groups attached to an aromatic ring is 1. The maximum Gasteiger partial charge on any atom is 0.254 e. The van der Waals surface area contributed by atoms with Gasteiger partial charge in [-0.2, -0.15) is 0 Å². The molecule has 7 heteroatoms. The molecule has 2 aliphatic heterocycles. The quantitative estimate of drug-likeness (QED) is 0.823. The average molecular weight is 350 g/mol. The molecule has 0 unspecified atom stereocenters. The first kappa shape index (κ1) is 16.5. The van der Waals surface area contributed by atoms with Crippen molar-refractivity contribution in [2.45, 2.75) is 19.8 Å². The molecule has 2 aromatic heterocycles. The van der Waals surface area contributed by atoms with Gasteiger partial charge in [-0.1, -0.05) is 12.2 Å². The SMILES string of the molecule is Cc1nc2c(c(N3CC=CC3)n1)CCN(C(=O)c1ccnc(N)c1)CC2. The molecule has 0 bridgehead atoms. The fourth-order valence-corrected chi connectivity index (χ4v) is 3.58. The standard InChI is InChI=1S/C19H22N6O/c1-13-22-16-6-11-25(19(26)14-4-7-21-17(20)12-14)10-5-15(16)18(23-13)24-8-2-3-9-24/h2-4,7,12H,5-6,8-11H2,1H3,(H2,20,21). The van der Waals surface area contributed by atoms with E-state index in [-0.39, 0.29) is 5.91 Å². The summed E-state index contributed by atoms with van der Waals surface area (Å²) in [6, 6.07) is 3.34. The second kappa shape index (κ2) is 6.74. The van der Waals surface area contributed by atoms with Crippen LogP contribution in [0.25, 0.3) is 0 Å². The van der Waals surface area contributed by atoms with Crippen LogP contribution in [0, 0.1) is 6.92 Å². The monoisotopic (exact) mass is 350 g/mol. The van der Waals surface area contributed by atoms with Crippen molar-refractivity contribution in [3.05, 3.63) is 53.1 Å². The summed E-state index contributed by atoms with van der Waals surface area (Å²) >= 11 is 0. The van der Waals surface area contributed by atoms with Crippen LogP contribution in [0.2, 0.25) is 0 Å². The first-order valence-electron chi connectivity index (χ1n) is 8.89. The van der Waals surface area contributed by atoms with Gasteiger partial charge in [0.2, 0.25) is 0 Å². The molecule has 2 N–H and O–H groups in total. The predicted molar refractivity (Wildman–Crippen MR) is 100 cm³/mol. The van der Waals surface area contributed by atoms with Crippen molar-refractivity contribution >= 4 is 17.5 Å². The van der Waals surface area contributed by atoms with Crippen LogP contribution in [0.5, 0.6) is 0 Å². The number of nitrogens with zero attached hydrogens (tertiary/aromatic N) is 5. The molecule has 1 amide bonds. The normalized spacial score (nSPS) is 16.5. The average Bonchev–Trinajstić information content (AvgIpc) is 3.08. The minimum Gasteiger partial charge on any atom is -0.384 e. The topological polar surface area (TPSA) is 88.2 Å². The number of hydrogen-bond donors (Lipinski definition) is 1. The zero-order valence-corrected chi connectivity index (χ0v) is 14.9. The lowest BCUT2D eigenvalue weighted by Gasteiger charge is -2.22. The molecule has 134 valence electrons. The molecule has 0 aromatic carbocycles. The largest absolute Gasteiger partial charge is 0.384 e. The van der Waals surface area contributed by atoms with Crippen LogP contribution >= 0.6 is 0 Å². The molecule has 4 rings (SSSR count). The number of pyridine rings is 1. The van der Waals surface area contributed by atoms with Gasteiger partial charge < -0.3 is 15.5 Å². The van der Waals surface area contributed by atoms with Gasteiger partial charge in [0.15, 0.2) is 0 Å². The Morgan fingerprint density at radius 2 is 1.92 bits per heavy atom. The number of nitrogens with two attached hydrogens (primary N) is 1. The van der Waals surface area contributed by atoms with Crippen LogP contribution in [-0.2, 0) is 12.8 Å². The number of hydrogen-bond acceptors (Lipinski definition) is 6. The van der Waals surface area contributed by atoms with Crippen LogP contribution < -0.4 is 10.6 Å². The van der Waals surface area contributed by atoms with Gasteiger partial charge in [-0.3, -0.25) is 4.79 Å². The molecule has 4 heterocycles. The van der Waals surface area contributed by atoms with Gasteiger partial charge in [0.1, 0.15) is 17.5 Å². The van der Waals surface area contributed by atoms with Crippen LogP contribution in [0.4, 0.5) is 11.6 Å². The Balaban J connectivity index is 1.59. The van der Waals surface area contributed by atoms with Crippen LogP contribution in [-0.4, -0.2) is 51.9 Å². The number of aryl methyl sites for hydroxylation is 1. The van der Waals surface area contributed by atoms with Crippen molar-refractivity contribution in [2.75, 3.05) is 36.8 Å². The van der Waals surface area contributed by atoms with Crippen LogP contribution in [0.15, 0.2) is 30.5 Å². The van der Waals surface area contributed by atoms with Gasteiger partial charge >= 0.3 is 0 Å². The summed E-state index contributed by atoms with van der Waals surface area (Å²) in [5, 5.41) is 0. The van der Waals surface area contributed by atoms with E-state index < -0.39 is 0 Å². The van der Waals surface area contributed by atoms with Crippen molar-refractivity contribution < 1.29 is 4.79 Å². The van der Waals surface area contributed by atoms with E-state index in [1.165, 1.54) is 5.56 Å². The Hall–Kier alpha value is -2.96. The highest BCUT2D eigenvalue weighted by molar-refractivity contribution is 5.94. The molecule has 0 atom stereocenters. The summed E-state index contributed by atoms with van der Waals surface area (Å²) < 4.78 is 0. The summed E-state index contributed by atoms with van der Waals surface area (Å²) in [6.07, 6.45) is 7.38. The molecule has 0 saturated carbocycles. The van der Waals surface area contributed by atoms with Crippen LogP contribution in [0.1, 0.15) is 27.4 Å². The molecule has 7 nitrogen and oxygen atoms in total. The molecule has 2 aliphatic rings.